The second kappa shape index (κ2) is 2.99. The fourth-order valence-corrected chi connectivity index (χ4v) is 2.30. The van der Waals surface area contributed by atoms with Crippen LogP contribution in [0.4, 0.5) is 0 Å². The van der Waals surface area contributed by atoms with Crippen molar-refractivity contribution in [3.8, 4) is 0 Å². The van der Waals surface area contributed by atoms with Crippen LogP contribution < -0.4 is 0 Å². The highest BCUT2D eigenvalue weighted by Gasteiger charge is 2.34. The van der Waals surface area contributed by atoms with Gasteiger partial charge >= 0.3 is 0 Å². The Morgan fingerprint density at radius 1 is 1.13 bits per heavy atom. The second-order valence-corrected chi connectivity index (χ2v) is 4.41. The van der Waals surface area contributed by atoms with Gasteiger partial charge in [0.2, 0.25) is 5.78 Å². The normalized spacial score (nSPS) is 16.5. The first-order chi connectivity index (χ1) is 7.27. The molecule has 0 spiro atoms. The van der Waals surface area contributed by atoms with Crippen LogP contribution >= 0.6 is 15.9 Å². The van der Waals surface area contributed by atoms with Gasteiger partial charge < -0.3 is 0 Å². The average Bonchev–Trinajstić information content (AvgIpc) is 2.54. The zero-order valence-corrected chi connectivity index (χ0v) is 9.34. The number of allylic oxidation sites excluding steroid dienone is 6. The summed E-state index contributed by atoms with van der Waals surface area (Å²) >= 11 is 3.38. The Bertz CT molecular complexity index is 562. The molecule has 0 saturated carbocycles. The van der Waals surface area contributed by atoms with E-state index >= 15 is 0 Å². The molecule has 1 aromatic rings. The van der Waals surface area contributed by atoms with Crippen LogP contribution in [-0.2, 0) is 0 Å². The Morgan fingerprint density at radius 3 is 2.87 bits per heavy atom. The van der Waals surface area contributed by atoms with Gasteiger partial charge in [0.15, 0.2) is 0 Å². The average molecular weight is 258 g/mol. The van der Waals surface area contributed by atoms with E-state index in [0.29, 0.717) is 0 Å². The van der Waals surface area contributed by atoms with Crippen molar-refractivity contribution >= 4 is 27.3 Å². The molecular weight excluding hydrogens is 252 g/mol. The largest absolute Gasteiger partial charge is 0.272 e. The number of carbonyl (C=O) groups is 1. The van der Waals surface area contributed by atoms with Gasteiger partial charge in [-0.3, -0.25) is 4.79 Å². The lowest BCUT2D eigenvalue weighted by atomic mass is 10.0. The van der Waals surface area contributed by atoms with E-state index in [1.54, 1.807) is 6.08 Å². The number of Topliss-reactive ketones (excluding diaryl/α,β-unsaturated/α-hetero) is 1. The maximum Gasteiger partial charge on any atom is 0.250 e. The number of hydrogen-bond acceptors (Lipinski definition) is 1. The molecule has 0 aliphatic heterocycles. The summed E-state index contributed by atoms with van der Waals surface area (Å²) in [5.41, 5.74) is 3.57. The highest BCUT2D eigenvalue weighted by molar-refractivity contribution is 9.10. The molecule has 3 rings (SSSR count). The molecule has 0 unspecified atom stereocenters. The van der Waals surface area contributed by atoms with E-state index in [0.717, 1.165) is 26.7 Å². The molecule has 1 nitrogen and oxygen atoms in total. The van der Waals surface area contributed by atoms with E-state index in [1.165, 1.54) is 0 Å². The zero-order chi connectivity index (χ0) is 10.4. The first-order valence-corrected chi connectivity index (χ1v) is 5.41. The van der Waals surface area contributed by atoms with Crippen molar-refractivity contribution in [1.29, 1.82) is 0 Å². The third-order valence-corrected chi connectivity index (χ3v) is 3.12. The Balaban J connectivity index is 2.31. The molecule has 2 aliphatic rings. The molecule has 0 radical (unpaired) electrons. The lowest BCUT2D eigenvalue weighted by Gasteiger charge is -1.97. The number of carbonyl (C=O) groups excluding carboxylic acids is 1. The van der Waals surface area contributed by atoms with Gasteiger partial charge in [0.25, 0.3) is 0 Å². The molecule has 0 amide bonds. The van der Waals surface area contributed by atoms with Crippen molar-refractivity contribution in [2.24, 2.45) is 0 Å². The fraction of sp³-hybridized carbons (Fsp3) is 0. The van der Waals surface area contributed by atoms with Crippen molar-refractivity contribution in [2.75, 3.05) is 0 Å². The predicted molar refractivity (Wildman–Crippen MR) is 62.3 cm³/mol. The van der Waals surface area contributed by atoms with Crippen molar-refractivity contribution in [3.63, 3.8) is 0 Å². The minimum Gasteiger partial charge on any atom is -0.272 e. The van der Waals surface area contributed by atoms with Crippen LogP contribution in [0.5, 0.6) is 0 Å². The molecule has 0 fully saturated rings. The molecule has 0 atom stereocenters. The standard InChI is InChI=1S/C13H6BrO/c14-8-5-6-10-9-3-1-2-4-11(9)13(15)12(10)7-8/h1,3-7H/q+1. The Kier molecular flexibility index (Phi) is 1.75. The van der Waals surface area contributed by atoms with Gasteiger partial charge in [-0.05, 0) is 12.1 Å². The molecule has 0 heterocycles. The molecule has 0 aromatic heterocycles. The van der Waals surface area contributed by atoms with Gasteiger partial charge in [0, 0.05) is 21.7 Å². The molecule has 15 heavy (non-hydrogen) atoms. The van der Waals surface area contributed by atoms with Crippen LogP contribution in [-0.4, -0.2) is 5.78 Å². The van der Waals surface area contributed by atoms with Gasteiger partial charge in [-0.1, -0.05) is 22.0 Å². The molecule has 0 N–H and O–H groups in total. The predicted octanol–water partition coefficient (Wildman–Crippen LogP) is 3.33. The maximum atomic E-state index is 12.0. The number of benzene rings is 1. The topological polar surface area (TPSA) is 17.1 Å². The first-order valence-electron chi connectivity index (χ1n) is 4.62. The van der Waals surface area contributed by atoms with E-state index in [9.17, 15) is 4.79 Å². The number of halogens is 1. The highest BCUT2D eigenvalue weighted by atomic mass is 79.9. The third kappa shape index (κ3) is 1.16. The SMILES string of the molecule is O=C1C2=C(C=C[C+]=C2)c2ccc(Br)cc21. The molecular formula is C13H6BrO+. The smallest absolute Gasteiger partial charge is 0.250 e. The first kappa shape index (κ1) is 8.78. The van der Waals surface area contributed by atoms with Crippen LogP contribution in [0, 0.1) is 6.08 Å². The van der Waals surface area contributed by atoms with E-state index in [-0.39, 0.29) is 5.78 Å². The molecule has 0 bridgehead atoms. The summed E-state index contributed by atoms with van der Waals surface area (Å²) in [6.45, 7) is 0. The Hall–Kier alpha value is -1.50. The summed E-state index contributed by atoms with van der Waals surface area (Å²) in [6.07, 6.45) is 8.47. The van der Waals surface area contributed by atoms with Gasteiger partial charge in [0.05, 0.1) is 6.08 Å². The maximum absolute atomic E-state index is 12.0. The van der Waals surface area contributed by atoms with Crippen LogP contribution in [0.15, 0.2) is 46.5 Å². The van der Waals surface area contributed by atoms with Gasteiger partial charge in [0.1, 0.15) is 23.3 Å². The van der Waals surface area contributed by atoms with Gasteiger partial charge in [-0.25, -0.2) is 0 Å². The Morgan fingerprint density at radius 2 is 2.00 bits per heavy atom. The summed E-state index contributed by atoms with van der Waals surface area (Å²) in [5, 5.41) is 0. The molecule has 2 heteroatoms. The Labute approximate surface area is 95.9 Å². The fourth-order valence-electron chi connectivity index (χ4n) is 1.94. The summed E-state index contributed by atoms with van der Waals surface area (Å²) in [4.78, 5) is 12.0. The quantitative estimate of drug-likeness (QED) is 0.652. The second-order valence-electron chi connectivity index (χ2n) is 3.49. The van der Waals surface area contributed by atoms with Crippen molar-refractivity contribution in [3.05, 3.63) is 63.7 Å². The summed E-state index contributed by atoms with van der Waals surface area (Å²) < 4.78 is 0.936. The van der Waals surface area contributed by atoms with Crippen LogP contribution in [0.2, 0.25) is 0 Å². The number of ketones is 1. The van der Waals surface area contributed by atoms with E-state index in [1.807, 2.05) is 30.4 Å². The number of hydrogen-bond donors (Lipinski definition) is 0. The molecule has 2 aliphatic carbocycles. The van der Waals surface area contributed by atoms with Gasteiger partial charge in [-0.15, -0.1) is 0 Å². The lowest BCUT2D eigenvalue weighted by molar-refractivity contribution is 0.104. The van der Waals surface area contributed by atoms with E-state index < -0.39 is 0 Å². The van der Waals surface area contributed by atoms with Crippen LogP contribution in [0.25, 0.3) is 5.57 Å². The number of fused-ring (bicyclic) bond motifs is 2. The highest BCUT2D eigenvalue weighted by Crippen LogP contribution is 2.36. The minimum absolute atomic E-state index is 0.0955. The summed E-state index contributed by atoms with van der Waals surface area (Å²) in [5.74, 6) is 0.0955. The monoisotopic (exact) mass is 257 g/mol. The van der Waals surface area contributed by atoms with Crippen LogP contribution in [0.3, 0.4) is 0 Å². The van der Waals surface area contributed by atoms with Crippen molar-refractivity contribution in [2.45, 2.75) is 0 Å². The number of rotatable bonds is 0. The molecule has 1 aromatic carbocycles. The third-order valence-electron chi connectivity index (χ3n) is 2.63. The summed E-state index contributed by atoms with van der Waals surface area (Å²) in [6, 6.07) is 5.80. The van der Waals surface area contributed by atoms with E-state index in [4.69, 9.17) is 0 Å². The minimum atomic E-state index is 0.0955. The van der Waals surface area contributed by atoms with Crippen molar-refractivity contribution < 1.29 is 4.79 Å². The zero-order valence-electron chi connectivity index (χ0n) is 7.75. The lowest BCUT2D eigenvalue weighted by Crippen LogP contribution is -1.96. The van der Waals surface area contributed by atoms with Gasteiger partial charge in [-0.2, -0.15) is 0 Å². The van der Waals surface area contributed by atoms with Crippen LogP contribution in [0.1, 0.15) is 15.9 Å². The van der Waals surface area contributed by atoms with E-state index in [2.05, 4.69) is 22.0 Å². The molecule has 70 valence electrons. The summed E-state index contributed by atoms with van der Waals surface area (Å²) in [7, 11) is 0. The molecule has 0 saturated heterocycles. The van der Waals surface area contributed by atoms with Crippen molar-refractivity contribution in [1.82, 2.24) is 0 Å².